The van der Waals surface area contributed by atoms with Crippen LogP contribution in [0.1, 0.15) is 16.1 Å². The van der Waals surface area contributed by atoms with Gasteiger partial charge in [0.2, 0.25) is 0 Å². The normalized spacial score (nSPS) is 11.6. The quantitative estimate of drug-likeness (QED) is 0.140. The highest BCUT2D eigenvalue weighted by Gasteiger charge is 2.18. The fourth-order valence-electron chi connectivity index (χ4n) is 3.91. The van der Waals surface area contributed by atoms with Crippen molar-refractivity contribution >= 4 is 51.2 Å². The predicted octanol–water partition coefficient (Wildman–Crippen LogP) is 4.22. The van der Waals surface area contributed by atoms with E-state index in [1.807, 2.05) is 23.6 Å². The average molecular weight is 591 g/mol. The number of aromatic amines is 1. The Balaban J connectivity index is 1.25. The first-order valence-corrected chi connectivity index (χ1v) is 14.0. The van der Waals surface area contributed by atoms with Crippen LogP contribution in [0.4, 0.5) is 21.4 Å². The van der Waals surface area contributed by atoms with Gasteiger partial charge in [-0.2, -0.15) is 0 Å². The molecule has 210 valence electrons. The summed E-state index contributed by atoms with van der Waals surface area (Å²) in [5.41, 5.74) is 9.55. The monoisotopic (exact) mass is 590 g/mol. The number of nitrogens with one attached hydrogen (secondary N) is 4. The van der Waals surface area contributed by atoms with Gasteiger partial charge in [-0.25, -0.2) is 19.7 Å². The fourth-order valence-corrected chi connectivity index (χ4v) is 5.72. The van der Waals surface area contributed by atoms with Crippen molar-refractivity contribution in [3.63, 3.8) is 0 Å². The number of benzene rings is 2. The number of imidazole rings is 1. The van der Waals surface area contributed by atoms with E-state index in [0.29, 0.717) is 44.1 Å². The van der Waals surface area contributed by atoms with Gasteiger partial charge in [-0.15, -0.1) is 11.3 Å². The number of methoxy groups -OCH3 is 1. The Hall–Kier alpha value is -4.79. The van der Waals surface area contributed by atoms with Gasteiger partial charge in [0, 0.05) is 40.5 Å². The molecule has 12 nitrogen and oxygen atoms in total. The van der Waals surface area contributed by atoms with Gasteiger partial charge in [-0.3, -0.25) is 10.1 Å². The lowest BCUT2D eigenvalue weighted by Gasteiger charge is -2.15. The SMILES string of the molecule is COc1cccc(C(=O)Nc2cccc(-c3csc(-c4sc(NC(=O)NC(CO)Cc5cnc[nH]5)nc4N)n3)c2)c1. The summed E-state index contributed by atoms with van der Waals surface area (Å²) in [6.45, 7) is -0.245. The number of ether oxygens (including phenoxy) is 1. The number of hydrogen-bond acceptors (Lipinski definition) is 10. The van der Waals surface area contributed by atoms with Crippen LogP contribution in [0, 0.1) is 0 Å². The van der Waals surface area contributed by atoms with Crippen LogP contribution in [-0.2, 0) is 6.42 Å². The number of nitrogens with zero attached hydrogens (tertiary/aromatic N) is 3. The van der Waals surface area contributed by atoms with Crippen molar-refractivity contribution in [2.75, 3.05) is 30.1 Å². The molecule has 5 aromatic rings. The van der Waals surface area contributed by atoms with E-state index in [1.165, 1.54) is 29.0 Å². The molecular formula is C27H26N8O4S2. The van der Waals surface area contributed by atoms with E-state index in [2.05, 4.69) is 30.9 Å². The predicted molar refractivity (Wildman–Crippen MR) is 159 cm³/mol. The highest BCUT2D eigenvalue weighted by atomic mass is 32.1. The second-order valence-electron chi connectivity index (χ2n) is 8.80. The number of H-pyrrole nitrogens is 1. The zero-order chi connectivity index (χ0) is 28.8. The van der Waals surface area contributed by atoms with E-state index in [0.717, 1.165) is 11.3 Å². The molecule has 0 aliphatic carbocycles. The maximum atomic E-state index is 12.7. The first-order chi connectivity index (χ1) is 19.9. The van der Waals surface area contributed by atoms with E-state index in [-0.39, 0.29) is 18.3 Å². The Morgan fingerprint density at radius 3 is 2.78 bits per heavy atom. The van der Waals surface area contributed by atoms with Crippen LogP contribution < -0.4 is 26.4 Å². The smallest absolute Gasteiger partial charge is 0.321 e. The third kappa shape index (κ3) is 6.87. The van der Waals surface area contributed by atoms with Crippen molar-refractivity contribution in [3.05, 3.63) is 77.7 Å². The van der Waals surface area contributed by atoms with E-state index >= 15 is 0 Å². The lowest BCUT2D eigenvalue weighted by atomic mass is 10.1. The summed E-state index contributed by atoms with van der Waals surface area (Å²) >= 11 is 2.58. The minimum Gasteiger partial charge on any atom is -0.497 e. The first kappa shape index (κ1) is 27.8. The summed E-state index contributed by atoms with van der Waals surface area (Å²) in [6, 6.07) is 13.3. The topological polar surface area (TPSA) is 180 Å². The van der Waals surface area contributed by atoms with Crippen LogP contribution in [0.25, 0.3) is 21.1 Å². The number of hydrogen-bond donors (Lipinski definition) is 6. The summed E-state index contributed by atoms with van der Waals surface area (Å²) in [7, 11) is 1.55. The molecule has 3 heterocycles. The average Bonchev–Trinajstić information content (AvgIpc) is 3.74. The molecule has 41 heavy (non-hydrogen) atoms. The molecule has 2 aromatic carbocycles. The van der Waals surface area contributed by atoms with Crippen LogP contribution in [0.5, 0.6) is 5.75 Å². The number of aromatic nitrogens is 4. The third-order valence-corrected chi connectivity index (χ3v) is 7.88. The second kappa shape index (κ2) is 12.6. The number of carbonyl (C=O) groups is 2. The van der Waals surface area contributed by atoms with Crippen molar-refractivity contribution in [2.45, 2.75) is 12.5 Å². The summed E-state index contributed by atoms with van der Waals surface area (Å²) in [6.07, 6.45) is 3.56. The lowest BCUT2D eigenvalue weighted by Crippen LogP contribution is -2.41. The van der Waals surface area contributed by atoms with E-state index in [4.69, 9.17) is 15.5 Å². The van der Waals surface area contributed by atoms with Gasteiger partial charge in [0.1, 0.15) is 21.5 Å². The van der Waals surface area contributed by atoms with Crippen LogP contribution in [-0.4, -0.2) is 56.7 Å². The molecule has 7 N–H and O–H groups in total. The highest BCUT2D eigenvalue weighted by Crippen LogP contribution is 2.38. The number of aliphatic hydroxyl groups is 1. The highest BCUT2D eigenvalue weighted by molar-refractivity contribution is 7.23. The molecule has 0 saturated heterocycles. The fraction of sp³-hybridized carbons (Fsp3) is 0.148. The molecule has 0 saturated carbocycles. The minimum absolute atomic E-state index is 0.238. The Morgan fingerprint density at radius 1 is 1.15 bits per heavy atom. The van der Waals surface area contributed by atoms with Gasteiger partial charge in [-0.05, 0) is 30.3 Å². The molecule has 3 aromatic heterocycles. The summed E-state index contributed by atoms with van der Waals surface area (Å²) < 4.78 is 5.20. The molecule has 0 bridgehead atoms. The number of rotatable bonds is 10. The molecule has 0 aliphatic heterocycles. The minimum atomic E-state index is -0.517. The van der Waals surface area contributed by atoms with Gasteiger partial charge in [0.15, 0.2) is 5.13 Å². The van der Waals surface area contributed by atoms with Gasteiger partial charge in [-0.1, -0.05) is 29.5 Å². The molecule has 0 radical (unpaired) electrons. The van der Waals surface area contributed by atoms with Crippen LogP contribution in [0.2, 0.25) is 0 Å². The summed E-state index contributed by atoms with van der Waals surface area (Å²) in [5, 5.41) is 20.7. The van der Waals surface area contributed by atoms with E-state index in [9.17, 15) is 14.7 Å². The van der Waals surface area contributed by atoms with Gasteiger partial charge in [0.05, 0.1) is 31.8 Å². The standard InChI is InChI=1S/C27H26N8O4S2/c1-39-20-7-3-5-16(9-20)24(37)31-17-6-2-4-15(8-17)21-13-40-25(33-21)22-23(28)34-27(41-22)35-26(38)32-19(12-36)10-18-11-29-14-30-18/h2-9,11,13-14,19,36H,10,12,28H2,1H3,(H,29,30)(H,31,37)(H2,32,34,35,38). The van der Waals surface area contributed by atoms with Crippen molar-refractivity contribution in [3.8, 4) is 26.9 Å². The van der Waals surface area contributed by atoms with Crippen molar-refractivity contribution < 1.29 is 19.4 Å². The van der Waals surface area contributed by atoms with Crippen LogP contribution in [0.15, 0.2) is 66.4 Å². The maximum absolute atomic E-state index is 12.7. The van der Waals surface area contributed by atoms with Crippen molar-refractivity contribution in [1.29, 1.82) is 0 Å². The number of anilines is 3. The lowest BCUT2D eigenvalue weighted by molar-refractivity contribution is 0.102. The Bertz CT molecular complexity index is 1650. The van der Waals surface area contributed by atoms with Gasteiger partial charge < -0.3 is 31.2 Å². The largest absolute Gasteiger partial charge is 0.497 e. The van der Waals surface area contributed by atoms with Crippen LogP contribution >= 0.6 is 22.7 Å². The molecule has 0 aliphatic rings. The van der Waals surface area contributed by atoms with Crippen molar-refractivity contribution in [2.24, 2.45) is 0 Å². The molecule has 1 unspecified atom stereocenters. The summed E-state index contributed by atoms with van der Waals surface area (Å²) in [4.78, 5) is 41.7. The number of amides is 3. The van der Waals surface area contributed by atoms with Crippen molar-refractivity contribution in [1.82, 2.24) is 25.3 Å². The number of carbonyl (C=O) groups excluding carboxylic acids is 2. The maximum Gasteiger partial charge on any atom is 0.321 e. The number of nitrogen functional groups attached to an aromatic ring is 1. The Kier molecular flexibility index (Phi) is 8.53. The number of urea groups is 1. The molecular weight excluding hydrogens is 564 g/mol. The Morgan fingerprint density at radius 2 is 2.00 bits per heavy atom. The van der Waals surface area contributed by atoms with Crippen LogP contribution in [0.3, 0.4) is 0 Å². The molecule has 0 spiro atoms. The second-order valence-corrected chi connectivity index (χ2v) is 10.7. The Labute approximate surface area is 242 Å². The molecule has 5 rings (SSSR count). The zero-order valence-corrected chi connectivity index (χ0v) is 23.4. The van der Waals surface area contributed by atoms with E-state index < -0.39 is 12.1 Å². The number of thiazole rings is 2. The zero-order valence-electron chi connectivity index (χ0n) is 21.7. The molecule has 0 fully saturated rings. The number of nitrogens with two attached hydrogens (primary N) is 1. The molecule has 1 atom stereocenters. The number of aliphatic hydroxyl groups excluding tert-OH is 1. The van der Waals surface area contributed by atoms with Gasteiger partial charge in [0.25, 0.3) is 5.91 Å². The molecule has 14 heteroatoms. The summed E-state index contributed by atoms with van der Waals surface area (Å²) in [5.74, 6) is 0.581. The van der Waals surface area contributed by atoms with E-state index in [1.54, 1.807) is 43.6 Å². The first-order valence-electron chi connectivity index (χ1n) is 12.4. The van der Waals surface area contributed by atoms with Gasteiger partial charge >= 0.3 is 6.03 Å². The molecule has 3 amide bonds. The third-order valence-electron chi connectivity index (χ3n) is 5.90.